The molecule has 1 aromatic rings. The Labute approximate surface area is 137 Å². The average molecular weight is 355 g/mol. The highest BCUT2D eigenvalue weighted by molar-refractivity contribution is 9.10. The molecule has 2 rings (SSSR count). The molecular formula is C17H27BrN2O. The molecule has 0 aromatic heterocycles. The summed E-state index contributed by atoms with van der Waals surface area (Å²) in [5.74, 6) is 0.744. The number of aliphatic hydroxyl groups is 1. The third kappa shape index (κ3) is 5.37. The van der Waals surface area contributed by atoms with Crippen molar-refractivity contribution >= 4 is 15.9 Å². The van der Waals surface area contributed by atoms with Crippen LogP contribution in [0, 0.1) is 5.92 Å². The largest absolute Gasteiger partial charge is 0.388 e. The first-order valence-electron chi connectivity index (χ1n) is 7.93. The predicted octanol–water partition coefficient (Wildman–Crippen LogP) is 3.15. The second kappa shape index (κ2) is 8.28. The minimum atomic E-state index is -0.380. The Morgan fingerprint density at radius 3 is 2.33 bits per heavy atom. The van der Waals surface area contributed by atoms with Crippen LogP contribution in [0.1, 0.15) is 31.9 Å². The van der Waals surface area contributed by atoms with Crippen molar-refractivity contribution in [1.29, 1.82) is 0 Å². The zero-order chi connectivity index (χ0) is 15.2. The van der Waals surface area contributed by atoms with E-state index in [0.29, 0.717) is 0 Å². The number of piperazine rings is 1. The summed E-state index contributed by atoms with van der Waals surface area (Å²) in [5, 5.41) is 10.3. The second-order valence-electron chi connectivity index (χ2n) is 6.36. The van der Waals surface area contributed by atoms with E-state index in [1.165, 1.54) is 6.54 Å². The van der Waals surface area contributed by atoms with Gasteiger partial charge in [-0.2, -0.15) is 0 Å². The van der Waals surface area contributed by atoms with E-state index in [1.807, 2.05) is 24.3 Å². The number of rotatable bonds is 6. The molecule has 21 heavy (non-hydrogen) atoms. The van der Waals surface area contributed by atoms with Crippen molar-refractivity contribution in [1.82, 2.24) is 9.80 Å². The molecular weight excluding hydrogens is 328 g/mol. The highest BCUT2D eigenvalue weighted by Gasteiger charge is 2.19. The molecule has 0 amide bonds. The number of nitrogens with zero attached hydrogens (tertiary/aromatic N) is 2. The first-order chi connectivity index (χ1) is 10.1. The molecule has 0 radical (unpaired) electrons. The van der Waals surface area contributed by atoms with E-state index in [4.69, 9.17) is 0 Å². The lowest BCUT2D eigenvalue weighted by Gasteiger charge is -2.35. The molecule has 1 aliphatic rings. The Balaban J connectivity index is 1.73. The van der Waals surface area contributed by atoms with Gasteiger partial charge in [-0.05, 0) is 24.0 Å². The van der Waals surface area contributed by atoms with Crippen LogP contribution < -0.4 is 0 Å². The summed E-state index contributed by atoms with van der Waals surface area (Å²) in [6, 6.07) is 7.95. The third-order valence-corrected chi connectivity index (χ3v) is 4.79. The molecule has 1 heterocycles. The van der Waals surface area contributed by atoms with Crippen LogP contribution in [-0.4, -0.2) is 54.2 Å². The molecule has 1 unspecified atom stereocenters. The van der Waals surface area contributed by atoms with E-state index in [1.54, 1.807) is 0 Å². The van der Waals surface area contributed by atoms with Crippen molar-refractivity contribution in [3.8, 4) is 0 Å². The van der Waals surface area contributed by atoms with Crippen molar-refractivity contribution in [2.45, 2.75) is 26.4 Å². The van der Waals surface area contributed by atoms with E-state index in [0.717, 1.165) is 55.1 Å². The van der Waals surface area contributed by atoms with Gasteiger partial charge in [0.2, 0.25) is 0 Å². The van der Waals surface area contributed by atoms with Crippen LogP contribution in [0.15, 0.2) is 28.7 Å². The number of hydrogen-bond acceptors (Lipinski definition) is 3. The van der Waals surface area contributed by atoms with E-state index in [2.05, 4.69) is 39.6 Å². The van der Waals surface area contributed by atoms with Gasteiger partial charge in [-0.25, -0.2) is 0 Å². The van der Waals surface area contributed by atoms with Crippen molar-refractivity contribution in [2.24, 2.45) is 5.92 Å². The predicted molar refractivity (Wildman–Crippen MR) is 91.4 cm³/mol. The van der Waals surface area contributed by atoms with Gasteiger partial charge in [0.15, 0.2) is 0 Å². The zero-order valence-electron chi connectivity index (χ0n) is 13.1. The normalized spacial score (nSPS) is 19.1. The van der Waals surface area contributed by atoms with Crippen LogP contribution in [0.25, 0.3) is 0 Å². The average Bonchev–Trinajstić information content (AvgIpc) is 2.46. The van der Waals surface area contributed by atoms with Gasteiger partial charge in [0.05, 0.1) is 6.10 Å². The number of halogens is 1. The molecule has 0 saturated carbocycles. The van der Waals surface area contributed by atoms with Crippen molar-refractivity contribution < 1.29 is 5.11 Å². The third-order valence-electron chi connectivity index (χ3n) is 4.07. The Hall–Kier alpha value is -0.420. The molecule has 1 N–H and O–H groups in total. The maximum absolute atomic E-state index is 10.3. The van der Waals surface area contributed by atoms with Crippen LogP contribution in [0.3, 0.4) is 0 Å². The monoisotopic (exact) mass is 354 g/mol. The topological polar surface area (TPSA) is 26.7 Å². The number of hydrogen-bond donors (Lipinski definition) is 1. The van der Waals surface area contributed by atoms with Crippen molar-refractivity contribution in [3.63, 3.8) is 0 Å². The molecule has 1 saturated heterocycles. The lowest BCUT2D eigenvalue weighted by atomic mass is 10.1. The minimum absolute atomic E-state index is 0.380. The zero-order valence-corrected chi connectivity index (χ0v) is 14.7. The highest BCUT2D eigenvalue weighted by atomic mass is 79.9. The molecule has 118 valence electrons. The summed E-state index contributed by atoms with van der Waals surface area (Å²) in [7, 11) is 0. The van der Waals surface area contributed by atoms with Gasteiger partial charge in [0.1, 0.15) is 0 Å². The molecule has 1 aromatic carbocycles. The molecule has 0 spiro atoms. The van der Waals surface area contributed by atoms with Gasteiger partial charge < -0.3 is 14.9 Å². The Kier molecular flexibility index (Phi) is 6.68. The maximum Gasteiger partial charge on any atom is 0.0813 e. The summed E-state index contributed by atoms with van der Waals surface area (Å²) in [5.41, 5.74) is 0.996. The van der Waals surface area contributed by atoms with Crippen LogP contribution in [0.4, 0.5) is 0 Å². The Bertz CT molecular complexity index is 431. The van der Waals surface area contributed by atoms with Gasteiger partial charge in [0.25, 0.3) is 0 Å². The smallest absolute Gasteiger partial charge is 0.0813 e. The quantitative estimate of drug-likeness (QED) is 0.849. The van der Waals surface area contributed by atoms with E-state index in [-0.39, 0.29) is 6.10 Å². The molecule has 4 heteroatoms. The highest BCUT2D eigenvalue weighted by Crippen LogP contribution is 2.25. The van der Waals surface area contributed by atoms with E-state index < -0.39 is 0 Å². The molecule has 3 nitrogen and oxygen atoms in total. The number of benzene rings is 1. The molecule has 1 aliphatic heterocycles. The molecule has 1 fully saturated rings. The van der Waals surface area contributed by atoms with Gasteiger partial charge in [0, 0.05) is 43.7 Å². The Morgan fingerprint density at radius 1 is 1.10 bits per heavy atom. The lowest BCUT2D eigenvalue weighted by Crippen LogP contribution is -2.47. The van der Waals surface area contributed by atoms with Gasteiger partial charge in [-0.3, -0.25) is 0 Å². The van der Waals surface area contributed by atoms with Crippen LogP contribution >= 0.6 is 15.9 Å². The van der Waals surface area contributed by atoms with Gasteiger partial charge >= 0.3 is 0 Å². The standard InChI is InChI=1S/C17H27BrN2O/c1-14(2)13-20-11-9-19(10-12-20)8-7-17(21)15-5-3-4-6-16(15)18/h3-6,14,17,21H,7-13H2,1-2H3. The molecule has 0 bridgehead atoms. The summed E-state index contributed by atoms with van der Waals surface area (Å²) >= 11 is 3.51. The van der Waals surface area contributed by atoms with E-state index >= 15 is 0 Å². The lowest BCUT2D eigenvalue weighted by molar-refractivity contribution is 0.0968. The summed E-state index contributed by atoms with van der Waals surface area (Å²) in [6.45, 7) is 11.3. The van der Waals surface area contributed by atoms with E-state index in [9.17, 15) is 5.11 Å². The van der Waals surface area contributed by atoms with Crippen molar-refractivity contribution in [3.05, 3.63) is 34.3 Å². The maximum atomic E-state index is 10.3. The first kappa shape index (κ1) is 16.9. The SMILES string of the molecule is CC(C)CN1CCN(CCC(O)c2ccccc2Br)CC1. The Morgan fingerprint density at radius 2 is 1.71 bits per heavy atom. The van der Waals surface area contributed by atoms with Crippen molar-refractivity contribution in [2.75, 3.05) is 39.3 Å². The first-order valence-corrected chi connectivity index (χ1v) is 8.72. The fraction of sp³-hybridized carbons (Fsp3) is 0.647. The van der Waals surface area contributed by atoms with Crippen LogP contribution in [0.5, 0.6) is 0 Å². The summed E-state index contributed by atoms with van der Waals surface area (Å²) in [4.78, 5) is 5.02. The molecule has 0 aliphatic carbocycles. The summed E-state index contributed by atoms with van der Waals surface area (Å²) < 4.78 is 0.999. The second-order valence-corrected chi connectivity index (χ2v) is 7.22. The fourth-order valence-electron chi connectivity index (χ4n) is 2.92. The van der Waals surface area contributed by atoms with Crippen LogP contribution in [0.2, 0.25) is 0 Å². The number of aliphatic hydroxyl groups excluding tert-OH is 1. The van der Waals surface area contributed by atoms with Gasteiger partial charge in [-0.15, -0.1) is 0 Å². The minimum Gasteiger partial charge on any atom is -0.388 e. The van der Waals surface area contributed by atoms with Crippen LogP contribution in [-0.2, 0) is 0 Å². The van der Waals surface area contributed by atoms with Gasteiger partial charge in [-0.1, -0.05) is 48.0 Å². The summed E-state index contributed by atoms with van der Waals surface area (Å²) in [6.07, 6.45) is 0.418. The fourth-order valence-corrected chi connectivity index (χ4v) is 3.47. The molecule has 1 atom stereocenters.